The Bertz CT molecular complexity index is 146. The van der Waals surface area contributed by atoms with E-state index in [9.17, 15) is 0 Å². The van der Waals surface area contributed by atoms with Crippen molar-refractivity contribution in [2.45, 2.75) is 43.9 Å². The first kappa shape index (κ1) is 8.89. The molecule has 2 fully saturated rings. The molecule has 70 valence electrons. The molecule has 0 aromatic rings. The van der Waals surface area contributed by atoms with Crippen molar-refractivity contribution in [3.63, 3.8) is 0 Å². The Hall–Kier alpha value is 0.310. The SMILES string of the molecule is CC1(C2CCCC2)NCCCS1. The van der Waals surface area contributed by atoms with Gasteiger partial charge in [0.05, 0.1) is 4.87 Å². The summed E-state index contributed by atoms with van der Waals surface area (Å²) in [6, 6.07) is 0. The Morgan fingerprint density at radius 2 is 2.00 bits per heavy atom. The summed E-state index contributed by atoms with van der Waals surface area (Å²) in [7, 11) is 0. The molecule has 1 N–H and O–H groups in total. The van der Waals surface area contributed by atoms with Crippen LogP contribution in [0.15, 0.2) is 0 Å². The first-order chi connectivity index (χ1) is 5.81. The lowest BCUT2D eigenvalue weighted by molar-refractivity contribution is 0.337. The first-order valence-electron chi connectivity index (χ1n) is 5.20. The van der Waals surface area contributed by atoms with Crippen molar-refractivity contribution in [3.8, 4) is 0 Å². The van der Waals surface area contributed by atoms with Gasteiger partial charge in [-0.15, -0.1) is 11.8 Å². The van der Waals surface area contributed by atoms with Crippen LogP contribution in [0.4, 0.5) is 0 Å². The summed E-state index contributed by atoms with van der Waals surface area (Å²) in [5, 5.41) is 3.70. The quantitative estimate of drug-likeness (QED) is 0.674. The maximum absolute atomic E-state index is 3.70. The molecule has 2 rings (SSSR count). The maximum Gasteiger partial charge on any atom is 0.0645 e. The van der Waals surface area contributed by atoms with E-state index in [2.05, 4.69) is 24.0 Å². The third kappa shape index (κ3) is 1.64. The molecule has 1 aliphatic carbocycles. The normalized spacial score (nSPS) is 38.8. The van der Waals surface area contributed by atoms with E-state index in [1.54, 1.807) is 0 Å². The van der Waals surface area contributed by atoms with Crippen LogP contribution in [0.3, 0.4) is 0 Å². The fourth-order valence-corrected chi connectivity index (χ4v) is 3.87. The molecule has 12 heavy (non-hydrogen) atoms. The molecule has 0 bridgehead atoms. The summed E-state index contributed by atoms with van der Waals surface area (Å²) in [5.41, 5.74) is 0. The average Bonchev–Trinajstić information content (AvgIpc) is 2.58. The summed E-state index contributed by atoms with van der Waals surface area (Å²) in [4.78, 5) is 0.425. The number of thioether (sulfide) groups is 1. The summed E-state index contributed by atoms with van der Waals surface area (Å²) >= 11 is 2.15. The van der Waals surface area contributed by atoms with Crippen molar-refractivity contribution in [1.29, 1.82) is 0 Å². The Labute approximate surface area is 79.7 Å². The van der Waals surface area contributed by atoms with Crippen LogP contribution in [0.5, 0.6) is 0 Å². The van der Waals surface area contributed by atoms with E-state index in [4.69, 9.17) is 0 Å². The molecule has 1 saturated carbocycles. The predicted molar refractivity (Wildman–Crippen MR) is 55.4 cm³/mol. The van der Waals surface area contributed by atoms with Gasteiger partial charge in [-0.3, -0.25) is 0 Å². The molecular weight excluding hydrogens is 166 g/mol. The molecular formula is C10H19NS. The molecule has 0 aromatic carbocycles. The molecule has 1 saturated heterocycles. The van der Waals surface area contributed by atoms with E-state index in [0.717, 1.165) is 5.92 Å². The molecule has 0 amide bonds. The highest BCUT2D eigenvalue weighted by molar-refractivity contribution is 8.00. The van der Waals surface area contributed by atoms with Crippen LogP contribution in [-0.4, -0.2) is 17.2 Å². The second-order valence-corrected chi connectivity index (χ2v) is 5.76. The molecule has 1 atom stereocenters. The topological polar surface area (TPSA) is 12.0 Å². The first-order valence-corrected chi connectivity index (χ1v) is 6.19. The molecule has 0 aromatic heterocycles. The molecule has 1 heterocycles. The number of rotatable bonds is 1. The molecule has 0 radical (unpaired) electrons. The van der Waals surface area contributed by atoms with Crippen LogP contribution in [0.2, 0.25) is 0 Å². The lowest BCUT2D eigenvalue weighted by atomic mass is 9.98. The van der Waals surface area contributed by atoms with Gasteiger partial charge in [-0.05, 0) is 44.4 Å². The van der Waals surface area contributed by atoms with Gasteiger partial charge in [0.15, 0.2) is 0 Å². The monoisotopic (exact) mass is 185 g/mol. The zero-order valence-electron chi connectivity index (χ0n) is 7.94. The van der Waals surface area contributed by atoms with Crippen molar-refractivity contribution in [2.24, 2.45) is 5.92 Å². The molecule has 2 aliphatic rings. The minimum absolute atomic E-state index is 0.425. The Morgan fingerprint density at radius 1 is 1.25 bits per heavy atom. The summed E-state index contributed by atoms with van der Waals surface area (Å²) in [6.07, 6.45) is 7.19. The van der Waals surface area contributed by atoms with E-state index < -0.39 is 0 Å². The summed E-state index contributed by atoms with van der Waals surface area (Å²) in [5.74, 6) is 2.31. The van der Waals surface area contributed by atoms with E-state index in [1.807, 2.05) is 0 Å². The van der Waals surface area contributed by atoms with Crippen LogP contribution in [0, 0.1) is 5.92 Å². The molecule has 1 aliphatic heterocycles. The van der Waals surface area contributed by atoms with Gasteiger partial charge >= 0.3 is 0 Å². The van der Waals surface area contributed by atoms with Crippen molar-refractivity contribution in [3.05, 3.63) is 0 Å². The number of hydrogen-bond acceptors (Lipinski definition) is 2. The van der Waals surface area contributed by atoms with Crippen LogP contribution < -0.4 is 5.32 Å². The molecule has 1 unspecified atom stereocenters. The largest absolute Gasteiger partial charge is 0.303 e. The van der Waals surface area contributed by atoms with Crippen molar-refractivity contribution < 1.29 is 0 Å². The van der Waals surface area contributed by atoms with Crippen LogP contribution >= 0.6 is 11.8 Å². The average molecular weight is 185 g/mol. The van der Waals surface area contributed by atoms with Gasteiger partial charge in [-0.2, -0.15) is 0 Å². The highest BCUT2D eigenvalue weighted by Crippen LogP contribution is 2.42. The number of hydrogen-bond donors (Lipinski definition) is 1. The lowest BCUT2D eigenvalue weighted by Gasteiger charge is -2.39. The highest BCUT2D eigenvalue weighted by atomic mass is 32.2. The predicted octanol–water partition coefficient (Wildman–Crippen LogP) is 2.62. The molecule has 2 heteroatoms. The van der Waals surface area contributed by atoms with Crippen molar-refractivity contribution in [1.82, 2.24) is 5.32 Å². The van der Waals surface area contributed by atoms with Crippen LogP contribution in [-0.2, 0) is 0 Å². The van der Waals surface area contributed by atoms with E-state index >= 15 is 0 Å². The second-order valence-electron chi connectivity index (χ2n) is 4.22. The number of nitrogens with one attached hydrogen (secondary N) is 1. The minimum atomic E-state index is 0.425. The van der Waals surface area contributed by atoms with Crippen molar-refractivity contribution in [2.75, 3.05) is 12.3 Å². The van der Waals surface area contributed by atoms with Crippen LogP contribution in [0.1, 0.15) is 39.0 Å². The molecule has 0 spiro atoms. The van der Waals surface area contributed by atoms with E-state index in [0.29, 0.717) is 4.87 Å². The fraction of sp³-hybridized carbons (Fsp3) is 1.00. The lowest BCUT2D eigenvalue weighted by Crippen LogP contribution is -2.48. The zero-order chi connectivity index (χ0) is 8.44. The van der Waals surface area contributed by atoms with E-state index in [1.165, 1.54) is 44.4 Å². The summed E-state index contributed by atoms with van der Waals surface area (Å²) in [6.45, 7) is 3.65. The van der Waals surface area contributed by atoms with Gasteiger partial charge in [0, 0.05) is 0 Å². The highest BCUT2D eigenvalue weighted by Gasteiger charge is 2.37. The van der Waals surface area contributed by atoms with Gasteiger partial charge in [-0.1, -0.05) is 12.8 Å². The minimum Gasteiger partial charge on any atom is -0.303 e. The standard InChI is InChI=1S/C10H19NS/c1-10(9-5-2-3-6-9)11-7-4-8-12-10/h9,11H,2-8H2,1H3. The Morgan fingerprint density at radius 3 is 2.58 bits per heavy atom. The third-order valence-electron chi connectivity index (χ3n) is 3.33. The zero-order valence-corrected chi connectivity index (χ0v) is 8.75. The molecule has 1 nitrogen and oxygen atoms in total. The Kier molecular flexibility index (Phi) is 2.66. The van der Waals surface area contributed by atoms with Crippen molar-refractivity contribution >= 4 is 11.8 Å². The van der Waals surface area contributed by atoms with E-state index in [-0.39, 0.29) is 0 Å². The van der Waals surface area contributed by atoms with Crippen LogP contribution in [0.25, 0.3) is 0 Å². The van der Waals surface area contributed by atoms with Gasteiger partial charge < -0.3 is 5.32 Å². The summed E-state index contributed by atoms with van der Waals surface area (Å²) < 4.78 is 0. The smallest absolute Gasteiger partial charge is 0.0645 e. The maximum atomic E-state index is 3.70. The van der Waals surface area contributed by atoms with Gasteiger partial charge in [0.1, 0.15) is 0 Å². The van der Waals surface area contributed by atoms with Gasteiger partial charge in [0.2, 0.25) is 0 Å². The van der Waals surface area contributed by atoms with Gasteiger partial charge in [0.25, 0.3) is 0 Å². The third-order valence-corrected chi connectivity index (χ3v) is 4.90. The fourth-order valence-electron chi connectivity index (χ4n) is 2.48. The van der Waals surface area contributed by atoms with Gasteiger partial charge in [-0.25, -0.2) is 0 Å². The Balaban J connectivity index is 1.97. The second kappa shape index (κ2) is 3.59.